The predicted molar refractivity (Wildman–Crippen MR) is 86.7 cm³/mol. The molecule has 1 N–H and O–H groups in total. The van der Waals surface area contributed by atoms with Gasteiger partial charge in [0.15, 0.2) is 0 Å². The maximum atomic E-state index is 5.82. The highest BCUT2D eigenvalue weighted by Crippen LogP contribution is 2.18. The van der Waals surface area contributed by atoms with Crippen LogP contribution in [-0.2, 0) is 12.8 Å². The van der Waals surface area contributed by atoms with Crippen LogP contribution in [0.3, 0.4) is 0 Å². The molecule has 0 aliphatic rings. The zero-order chi connectivity index (χ0) is 14.0. The Labute approximate surface area is 125 Å². The summed E-state index contributed by atoms with van der Waals surface area (Å²) in [5.74, 6) is 0.965. The van der Waals surface area contributed by atoms with Crippen LogP contribution >= 0.6 is 11.3 Å². The molecule has 0 unspecified atom stereocenters. The summed E-state index contributed by atoms with van der Waals surface area (Å²) >= 11 is 1.75. The Balaban J connectivity index is 1.64. The highest BCUT2D eigenvalue weighted by molar-refractivity contribution is 7.07. The monoisotopic (exact) mass is 287 g/mol. The minimum absolute atomic E-state index is 0.692. The average molecular weight is 287 g/mol. The lowest BCUT2D eigenvalue weighted by molar-refractivity contribution is 0.312. The summed E-state index contributed by atoms with van der Waals surface area (Å²) < 4.78 is 5.82. The van der Waals surface area contributed by atoms with E-state index in [1.165, 1.54) is 11.1 Å². The first kappa shape index (κ1) is 14.8. The van der Waals surface area contributed by atoms with Crippen molar-refractivity contribution < 1.29 is 4.74 Å². The summed E-state index contributed by atoms with van der Waals surface area (Å²) in [4.78, 5) is 0. The van der Waals surface area contributed by atoms with E-state index in [1.54, 1.807) is 11.3 Å². The van der Waals surface area contributed by atoms with Gasteiger partial charge in [-0.25, -0.2) is 0 Å². The van der Waals surface area contributed by atoms with E-state index in [2.05, 4.69) is 34.8 Å². The summed E-state index contributed by atoms with van der Waals surface area (Å²) in [6, 6.07) is 10.3. The van der Waals surface area contributed by atoms with E-state index in [0.717, 1.165) is 31.7 Å². The predicted octanol–water partition coefficient (Wildman–Crippen LogP) is 3.69. The number of nitrogens with one attached hydrogen (secondary N) is 1. The first-order valence-electron chi connectivity index (χ1n) is 6.93. The molecule has 0 radical (unpaired) electrons. The third-order valence-corrected chi connectivity index (χ3v) is 3.78. The normalized spacial score (nSPS) is 10.4. The van der Waals surface area contributed by atoms with Gasteiger partial charge in [0.05, 0.1) is 0 Å². The maximum Gasteiger partial charge on any atom is 0.122 e. The third-order valence-electron chi connectivity index (χ3n) is 3.04. The maximum absolute atomic E-state index is 5.82. The zero-order valence-electron chi connectivity index (χ0n) is 11.7. The van der Waals surface area contributed by atoms with Crippen LogP contribution in [0.2, 0.25) is 0 Å². The molecule has 0 aliphatic carbocycles. The van der Waals surface area contributed by atoms with E-state index in [9.17, 15) is 0 Å². The molecule has 0 saturated heterocycles. The van der Waals surface area contributed by atoms with Crippen molar-refractivity contribution >= 4 is 11.3 Å². The van der Waals surface area contributed by atoms with Gasteiger partial charge in [-0.15, -0.1) is 6.58 Å². The average Bonchev–Trinajstić information content (AvgIpc) is 2.98. The SMILES string of the molecule is C=CCc1ccccc1OCCNCCc1ccsc1. The molecular formula is C17H21NOS. The third kappa shape index (κ3) is 4.83. The molecule has 3 heteroatoms. The van der Waals surface area contributed by atoms with Crippen molar-refractivity contribution in [2.75, 3.05) is 19.7 Å². The van der Waals surface area contributed by atoms with Crippen molar-refractivity contribution in [2.45, 2.75) is 12.8 Å². The second-order valence-electron chi connectivity index (χ2n) is 4.58. The van der Waals surface area contributed by atoms with Crippen LogP contribution < -0.4 is 10.1 Å². The minimum atomic E-state index is 0.692. The molecule has 20 heavy (non-hydrogen) atoms. The number of hydrogen-bond acceptors (Lipinski definition) is 3. The Morgan fingerprint density at radius 3 is 2.90 bits per heavy atom. The van der Waals surface area contributed by atoms with Crippen molar-refractivity contribution in [1.29, 1.82) is 0 Å². The van der Waals surface area contributed by atoms with Gasteiger partial charge >= 0.3 is 0 Å². The van der Waals surface area contributed by atoms with E-state index in [1.807, 2.05) is 24.3 Å². The Bertz CT molecular complexity index is 507. The summed E-state index contributed by atoms with van der Waals surface area (Å²) in [6.45, 7) is 6.33. The quantitative estimate of drug-likeness (QED) is 0.561. The van der Waals surface area contributed by atoms with E-state index in [4.69, 9.17) is 4.74 Å². The molecule has 2 nitrogen and oxygen atoms in total. The van der Waals surface area contributed by atoms with Crippen LogP contribution in [-0.4, -0.2) is 19.7 Å². The highest BCUT2D eigenvalue weighted by Gasteiger charge is 2.00. The number of thiophene rings is 1. The van der Waals surface area contributed by atoms with Crippen LogP contribution in [0.25, 0.3) is 0 Å². The first-order valence-corrected chi connectivity index (χ1v) is 7.88. The molecular weight excluding hydrogens is 266 g/mol. The van der Waals surface area contributed by atoms with Gasteiger partial charge in [-0.05, 0) is 53.4 Å². The second kappa shape index (κ2) is 8.56. The van der Waals surface area contributed by atoms with Gasteiger partial charge in [-0.1, -0.05) is 24.3 Å². The topological polar surface area (TPSA) is 21.3 Å². The molecule has 0 aliphatic heterocycles. The van der Waals surface area contributed by atoms with E-state index in [-0.39, 0.29) is 0 Å². The van der Waals surface area contributed by atoms with Gasteiger partial charge < -0.3 is 10.1 Å². The van der Waals surface area contributed by atoms with Crippen LogP contribution in [0.1, 0.15) is 11.1 Å². The van der Waals surface area contributed by atoms with Crippen molar-refractivity contribution in [3.63, 3.8) is 0 Å². The van der Waals surface area contributed by atoms with Gasteiger partial charge in [0.2, 0.25) is 0 Å². The molecule has 0 fully saturated rings. The lowest BCUT2D eigenvalue weighted by Crippen LogP contribution is -2.23. The molecule has 2 rings (SSSR count). The lowest BCUT2D eigenvalue weighted by atomic mass is 10.1. The van der Waals surface area contributed by atoms with Crippen molar-refractivity contribution in [3.8, 4) is 5.75 Å². The highest BCUT2D eigenvalue weighted by atomic mass is 32.1. The summed E-state index contributed by atoms with van der Waals surface area (Å²) in [5, 5.41) is 7.72. The molecule has 106 valence electrons. The number of hydrogen-bond donors (Lipinski definition) is 1. The van der Waals surface area contributed by atoms with E-state index in [0.29, 0.717) is 6.61 Å². The molecule has 1 aromatic heterocycles. The van der Waals surface area contributed by atoms with Crippen molar-refractivity contribution in [1.82, 2.24) is 5.32 Å². The van der Waals surface area contributed by atoms with E-state index < -0.39 is 0 Å². The number of rotatable bonds is 9. The fourth-order valence-corrected chi connectivity index (χ4v) is 2.70. The zero-order valence-corrected chi connectivity index (χ0v) is 12.5. The van der Waals surface area contributed by atoms with Crippen LogP contribution in [0.15, 0.2) is 53.7 Å². The fraction of sp³-hybridized carbons (Fsp3) is 0.294. The van der Waals surface area contributed by atoms with Gasteiger partial charge in [-0.3, -0.25) is 0 Å². The van der Waals surface area contributed by atoms with Crippen molar-refractivity contribution in [3.05, 3.63) is 64.9 Å². The number of para-hydroxylation sites is 1. The van der Waals surface area contributed by atoms with Crippen LogP contribution in [0, 0.1) is 0 Å². The van der Waals surface area contributed by atoms with Crippen LogP contribution in [0.5, 0.6) is 5.75 Å². The molecule has 2 aromatic rings. The molecule has 0 spiro atoms. The van der Waals surface area contributed by atoms with Crippen molar-refractivity contribution in [2.24, 2.45) is 0 Å². The van der Waals surface area contributed by atoms with Gasteiger partial charge in [-0.2, -0.15) is 11.3 Å². The Hall–Kier alpha value is -1.58. The fourth-order valence-electron chi connectivity index (χ4n) is 1.99. The molecule has 0 amide bonds. The Morgan fingerprint density at radius 1 is 1.20 bits per heavy atom. The molecule has 1 aromatic carbocycles. The van der Waals surface area contributed by atoms with Gasteiger partial charge in [0.1, 0.15) is 12.4 Å². The summed E-state index contributed by atoms with van der Waals surface area (Å²) in [5.41, 5.74) is 2.60. The standard InChI is InChI=1S/C17H21NOS/c1-2-5-16-6-3-4-7-17(16)19-12-11-18-10-8-15-9-13-20-14-15/h2-4,6-7,9,13-14,18H,1,5,8,10-12H2. The second-order valence-corrected chi connectivity index (χ2v) is 5.36. The van der Waals surface area contributed by atoms with Gasteiger partial charge in [0, 0.05) is 6.54 Å². The number of benzene rings is 1. The largest absolute Gasteiger partial charge is 0.492 e. The summed E-state index contributed by atoms with van der Waals surface area (Å²) in [7, 11) is 0. The Kier molecular flexibility index (Phi) is 6.35. The lowest BCUT2D eigenvalue weighted by Gasteiger charge is -2.10. The molecule has 0 saturated carbocycles. The first-order chi connectivity index (χ1) is 9.90. The molecule has 0 atom stereocenters. The number of allylic oxidation sites excluding steroid dienone is 1. The number of ether oxygens (including phenoxy) is 1. The van der Waals surface area contributed by atoms with E-state index >= 15 is 0 Å². The Morgan fingerprint density at radius 2 is 2.10 bits per heavy atom. The minimum Gasteiger partial charge on any atom is -0.492 e. The van der Waals surface area contributed by atoms with Gasteiger partial charge in [0.25, 0.3) is 0 Å². The van der Waals surface area contributed by atoms with Crippen LogP contribution in [0.4, 0.5) is 0 Å². The summed E-state index contributed by atoms with van der Waals surface area (Å²) in [6.07, 6.45) is 3.83. The molecule has 0 bridgehead atoms. The molecule has 1 heterocycles. The smallest absolute Gasteiger partial charge is 0.122 e.